The van der Waals surface area contributed by atoms with Gasteiger partial charge in [-0.1, -0.05) is 18.2 Å². The van der Waals surface area contributed by atoms with Crippen LogP contribution in [0.4, 0.5) is 8.78 Å². The summed E-state index contributed by atoms with van der Waals surface area (Å²) in [7, 11) is 1.89. The van der Waals surface area contributed by atoms with Crippen molar-refractivity contribution in [3.63, 3.8) is 0 Å². The number of fused-ring (bicyclic) bond motifs is 1. The van der Waals surface area contributed by atoms with Gasteiger partial charge in [0.2, 0.25) is 5.91 Å². The molecule has 0 saturated carbocycles. The van der Waals surface area contributed by atoms with E-state index in [0.717, 1.165) is 30.5 Å². The first-order valence-corrected chi connectivity index (χ1v) is 8.08. The summed E-state index contributed by atoms with van der Waals surface area (Å²) in [6.07, 6.45) is 7.37. The lowest BCUT2D eigenvalue weighted by atomic mass is 9.93. The second-order valence-electron chi connectivity index (χ2n) is 5.87. The van der Waals surface area contributed by atoms with E-state index in [9.17, 15) is 13.6 Å². The molecule has 1 amide bonds. The van der Waals surface area contributed by atoms with E-state index in [1.165, 1.54) is 18.2 Å². The van der Waals surface area contributed by atoms with Crippen LogP contribution in [0.5, 0.6) is 5.75 Å². The van der Waals surface area contributed by atoms with Crippen molar-refractivity contribution >= 4 is 12.0 Å². The minimum atomic E-state index is -2.91. The third-order valence-corrected chi connectivity index (χ3v) is 4.24. The number of aromatic nitrogens is 2. The summed E-state index contributed by atoms with van der Waals surface area (Å²) < 4.78 is 31.1. The summed E-state index contributed by atoms with van der Waals surface area (Å²) in [6.45, 7) is -2.91. The topological polar surface area (TPSA) is 56.2 Å². The predicted octanol–water partition coefficient (Wildman–Crippen LogP) is 3.23. The number of aryl methyl sites for hydroxylation is 1. The van der Waals surface area contributed by atoms with Gasteiger partial charge in [0.15, 0.2) is 0 Å². The van der Waals surface area contributed by atoms with Crippen LogP contribution in [-0.2, 0) is 18.3 Å². The molecule has 1 heterocycles. The molecule has 5 nitrogen and oxygen atoms in total. The highest BCUT2D eigenvalue weighted by Gasteiger charge is 2.24. The third-order valence-electron chi connectivity index (χ3n) is 4.24. The lowest BCUT2D eigenvalue weighted by molar-refractivity contribution is -0.117. The van der Waals surface area contributed by atoms with Crippen LogP contribution in [0.1, 0.15) is 35.7 Å². The number of rotatable bonds is 5. The Morgan fingerprint density at radius 2 is 2.24 bits per heavy atom. The molecule has 0 spiro atoms. The van der Waals surface area contributed by atoms with Crippen LogP contribution in [-0.4, -0.2) is 22.3 Å². The number of halogens is 2. The molecule has 0 radical (unpaired) electrons. The van der Waals surface area contributed by atoms with Gasteiger partial charge in [0.25, 0.3) is 0 Å². The van der Waals surface area contributed by atoms with E-state index in [-0.39, 0.29) is 17.7 Å². The van der Waals surface area contributed by atoms with Gasteiger partial charge >= 0.3 is 6.61 Å². The highest BCUT2D eigenvalue weighted by Crippen LogP contribution is 2.29. The number of benzene rings is 1. The molecule has 1 atom stereocenters. The molecular weight excluding hydrogens is 328 g/mol. The Hall–Kier alpha value is -2.70. The van der Waals surface area contributed by atoms with E-state index in [2.05, 4.69) is 15.2 Å². The van der Waals surface area contributed by atoms with E-state index in [0.29, 0.717) is 5.56 Å². The molecule has 2 aromatic rings. The Morgan fingerprint density at radius 3 is 3.04 bits per heavy atom. The van der Waals surface area contributed by atoms with Crippen molar-refractivity contribution in [2.45, 2.75) is 31.9 Å². The number of ether oxygens (including phenoxy) is 1. The zero-order valence-electron chi connectivity index (χ0n) is 13.8. The average molecular weight is 347 g/mol. The van der Waals surface area contributed by atoms with Crippen LogP contribution >= 0.6 is 0 Å². The highest BCUT2D eigenvalue weighted by atomic mass is 19.3. The molecule has 1 N–H and O–H groups in total. The number of carbonyl (C=O) groups is 1. The molecule has 25 heavy (non-hydrogen) atoms. The maximum atomic E-state index is 12.4. The summed E-state index contributed by atoms with van der Waals surface area (Å²) in [5.41, 5.74) is 2.59. The molecule has 0 saturated heterocycles. The fourth-order valence-electron chi connectivity index (χ4n) is 3.06. The second kappa shape index (κ2) is 7.46. The Bertz CT molecular complexity index is 786. The largest absolute Gasteiger partial charge is 0.434 e. The van der Waals surface area contributed by atoms with Crippen LogP contribution in [0.2, 0.25) is 0 Å². The molecule has 0 unspecified atom stereocenters. The first kappa shape index (κ1) is 17.1. The fraction of sp³-hybridized carbons (Fsp3) is 0.333. The monoisotopic (exact) mass is 347 g/mol. The first-order valence-electron chi connectivity index (χ1n) is 8.08. The number of carbonyl (C=O) groups excluding carboxylic acids is 1. The quantitative estimate of drug-likeness (QED) is 0.845. The zero-order valence-corrected chi connectivity index (χ0v) is 13.8. The van der Waals surface area contributed by atoms with Crippen molar-refractivity contribution in [2.75, 3.05) is 0 Å². The molecule has 0 fully saturated rings. The number of hydrogen-bond acceptors (Lipinski definition) is 3. The molecule has 132 valence electrons. The number of nitrogens with one attached hydrogen (secondary N) is 1. The second-order valence-corrected chi connectivity index (χ2v) is 5.87. The van der Waals surface area contributed by atoms with Gasteiger partial charge in [0.1, 0.15) is 5.75 Å². The lowest BCUT2D eigenvalue weighted by Crippen LogP contribution is -2.29. The molecule has 3 rings (SSSR count). The predicted molar refractivity (Wildman–Crippen MR) is 89.1 cm³/mol. The summed E-state index contributed by atoms with van der Waals surface area (Å²) in [5.74, 6) is -0.248. The maximum Gasteiger partial charge on any atom is 0.387 e. The van der Waals surface area contributed by atoms with Crippen LogP contribution in [0.25, 0.3) is 6.08 Å². The zero-order chi connectivity index (χ0) is 17.8. The minimum absolute atomic E-state index is 0.0359. The molecular formula is C18H19F2N3O2. The standard InChI is InChI=1S/C18H19F2N3O2/c1-23-15-7-4-6-14(13(15)11-21-23)22-17(24)10-9-12-5-2-3-8-16(12)25-18(19)20/h2-3,5,8-11,14,18H,4,6-7H2,1H3,(H,22,24)/b10-9+/t14-/m1/s1. The average Bonchev–Trinajstić information content (AvgIpc) is 2.96. The summed E-state index contributed by atoms with van der Waals surface area (Å²) in [6, 6.07) is 6.26. The summed E-state index contributed by atoms with van der Waals surface area (Å²) in [5, 5.41) is 7.20. The summed E-state index contributed by atoms with van der Waals surface area (Å²) >= 11 is 0. The molecule has 0 aliphatic heterocycles. The van der Waals surface area contributed by atoms with Crippen molar-refractivity contribution in [2.24, 2.45) is 7.05 Å². The van der Waals surface area contributed by atoms with Crippen LogP contribution in [0.15, 0.2) is 36.5 Å². The Kier molecular flexibility index (Phi) is 5.11. The Balaban J connectivity index is 1.69. The third kappa shape index (κ3) is 4.04. The van der Waals surface area contributed by atoms with Crippen molar-refractivity contribution in [3.05, 3.63) is 53.4 Å². The van der Waals surface area contributed by atoms with Crippen molar-refractivity contribution < 1.29 is 18.3 Å². The Labute approximate surface area is 144 Å². The lowest BCUT2D eigenvalue weighted by Gasteiger charge is -2.23. The smallest absolute Gasteiger partial charge is 0.387 e. The minimum Gasteiger partial charge on any atom is -0.434 e. The van der Waals surface area contributed by atoms with Gasteiger partial charge in [0, 0.05) is 29.9 Å². The van der Waals surface area contributed by atoms with E-state index in [1.807, 2.05) is 11.7 Å². The van der Waals surface area contributed by atoms with Gasteiger partial charge in [-0.3, -0.25) is 9.48 Å². The maximum absolute atomic E-state index is 12.4. The SMILES string of the molecule is Cn1ncc2c1CCC[C@H]2NC(=O)/C=C/c1ccccc1OC(F)F. The number of hydrogen-bond donors (Lipinski definition) is 1. The molecule has 7 heteroatoms. The normalized spacial score (nSPS) is 16.9. The first-order chi connectivity index (χ1) is 12.0. The molecule has 1 aliphatic carbocycles. The van der Waals surface area contributed by atoms with Gasteiger partial charge in [-0.2, -0.15) is 13.9 Å². The highest BCUT2D eigenvalue weighted by molar-refractivity contribution is 5.92. The summed E-state index contributed by atoms with van der Waals surface area (Å²) in [4.78, 5) is 12.2. The number of alkyl halides is 2. The molecule has 1 aliphatic rings. The van der Waals surface area contributed by atoms with Gasteiger partial charge in [-0.05, 0) is 31.4 Å². The molecule has 1 aromatic heterocycles. The van der Waals surface area contributed by atoms with E-state index >= 15 is 0 Å². The van der Waals surface area contributed by atoms with Gasteiger partial charge in [-0.15, -0.1) is 0 Å². The van der Waals surface area contributed by atoms with Crippen molar-refractivity contribution in [3.8, 4) is 5.75 Å². The molecule has 1 aromatic carbocycles. The Morgan fingerprint density at radius 1 is 1.44 bits per heavy atom. The van der Waals surface area contributed by atoms with Gasteiger partial charge in [0.05, 0.1) is 12.2 Å². The number of para-hydroxylation sites is 1. The van der Waals surface area contributed by atoms with Crippen LogP contribution in [0, 0.1) is 0 Å². The van der Waals surface area contributed by atoms with Crippen LogP contribution in [0.3, 0.4) is 0 Å². The van der Waals surface area contributed by atoms with Crippen LogP contribution < -0.4 is 10.1 Å². The number of amides is 1. The van der Waals surface area contributed by atoms with Gasteiger partial charge in [-0.25, -0.2) is 0 Å². The molecule has 0 bridgehead atoms. The van der Waals surface area contributed by atoms with E-state index in [4.69, 9.17) is 0 Å². The van der Waals surface area contributed by atoms with E-state index < -0.39 is 6.61 Å². The number of nitrogens with zero attached hydrogens (tertiary/aromatic N) is 2. The van der Waals surface area contributed by atoms with Gasteiger partial charge < -0.3 is 10.1 Å². The van der Waals surface area contributed by atoms with Crippen molar-refractivity contribution in [1.29, 1.82) is 0 Å². The van der Waals surface area contributed by atoms with E-state index in [1.54, 1.807) is 24.4 Å². The fourth-order valence-corrected chi connectivity index (χ4v) is 3.06. The van der Waals surface area contributed by atoms with Crippen molar-refractivity contribution in [1.82, 2.24) is 15.1 Å².